The number of fused-ring (bicyclic) bond motifs is 6. The second-order valence-corrected chi connectivity index (χ2v) is 17.7. The van der Waals surface area contributed by atoms with E-state index < -0.39 is 0 Å². The van der Waals surface area contributed by atoms with Crippen molar-refractivity contribution in [1.82, 2.24) is 4.57 Å². The predicted molar refractivity (Wildman–Crippen MR) is 275 cm³/mol. The third-order valence-corrected chi connectivity index (χ3v) is 13.6. The molecule has 0 N–H and O–H groups in total. The third kappa shape index (κ3) is 6.49. The molecular formula is C63H46N2. The number of nitrogens with zero attached hydrogens (tertiary/aromatic N) is 2. The van der Waals surface area contributed by atoms with E-state index in [-0.39, 0.29) is 5.41 Å². The fourth-order valence-corrected chi connectivity index (χ4v) is 10.5. The van der Waals surface area contributed by atoms with E-state index in [1.54, 1.807) is 0 Å². The molecule has 1 aliphatic carbocycles. The Morgan fingerprint density at radius 2 is 0.785 bits per heavy atom. The molecule has 308 valence electrons. The third-order valence-electron chi connectivity index (χ3n) is 13.6. The van der Waals surface area contributed by atoms with Crippen LogP contribution in [0.5, 0.6) is 0 Å². The van der Waals surface area contributed by atoms with Crippen molar-refractivity contribution in [3.05, 3.63) is 254 Å². The first-order chi connectivity index (χ1) is 32.0. The molecule has 1 heterocycles. The van der Waals surface area contributed by atoms with Crippen LogP contribution in [0.3, 0.4) is 0 Å². The number of benzene rings is 10. The number of anilines is 3. The minimum Gasteiger partial charge on any atom is -0.310 e. The summed E-state index contributed by atoms with van der Waals surface area (Å²) in [6, 6.07) is 88.6. The zero-order valence-corrected chi connectivity index (χ0v) is 36.5. The molecule has 0 saturated carbocycles. The Morgan fingerprint density at radius 1 is 0.323 bits per heavy atom. The van der Waals surface area contributed by atoms with E-state index in [4.69, 9.17) is 0 Å². The Kier molecular flexibility index (Phi) is 9.21. The van der Waals surface area contributed by atoms with Gasteiger partial charge in [0.15, 0.2) is 0 Å². The van der Waals surface area contributed by atoms with E-state index in [1.807, 2.05) is 0 Å². The highest BCUT2D eigenvalue weighted by atomic mass is 15.1. The number of rotatable bonds is 8. The van der Waals surface area contributed by atoms with Crippen molar-refractivity contribution in [2.75, 3.05) is 4.90 Å². The first-order valence-corrected chi connectivity index (χ1v) is 22.6. The van der Waals surface area contributed by atoms with Gasteiger partial charge in [-0.15, -0.1) is 0 Å². The lowest BCUT2D eigenvalue weighted by Crippen LogP contribution is -2.16. The summed E-state index contributed by atoms with van der Waals surface area (Å²) < 4.78 is 2.41. The number of aromatic nitrogens is 1. The van der Waals surface area contributed by atoms with Crippen molar-refractivity contribution in [3.8, 4) is 61.3 Å². The molecule has 11 aromatic rings. The minimum absolute atomic E-state index is 0.0921. The van der Waals surface area contributed by atoms with Crippen LogP contribution in [0, 0.1) is 0 Å². The van der Waals surface area contributed by atoms with Crippen LogP contribution in [-0.4, -0.2) is 4.57 Å². The van der Waals surface area contributed by atoms with Gasteiger partial charge in [0.1, 0.15) is 0 Å². The molecular weight excluding hydrogens is 785 g/mol. The lowest BCUT2D eigenvalue weighted by Gasteiger charge is -2.27. The van der Waals surface area contributed by atoms with E-state index in [0.717, 1.165) is 17.1 Å². The SMILES string of the molecule is CC1(C)c2ccccc2-c2cccc(-c3ccc(N(c4ccc(-c5ccc(-c6ccccc6-n6c7ccccc7c7ccccc76)cc5)cc4)c4cccc(-c5ccccc5)c4)cc3)c21. The minimum atomic E-state index is -0.0921. The van der Waals surface area contributed by atoms with E-state index in [1.165, 1.54) is 94.3 Å². The van der Waals surface area contributed by atoms with Crippen molar-refractivity contribution in [2.24, 2.45) is 0 Å². The molecule has 10 aromatic carbocycles. The smallest absolute Gasteiger partial charge is 0.0541 e. The van der Waals surface area contributed by atoms with Gasteiger partial charge in [0.2, 0.25) is 0 Å². The van der Waals surface area contributed by atoms with E-state index in [0.29, 0.717) is 0 Å². The second-order valence-electron chi connectivity index (χ2n) is 17.7. The predicted octanol–water partition coefficient (Wildman–Crippen LogP) is 17.2. The van der Waals surface area contributed by atoms with Gasteiger partial charge in [0, 0.05) is 38.8 Å². The van der Waals surface area contributed by atoms with Gasteiger partial charge >= 0.3 is 0 Å². The normalized spacial score (nSPS) is 12.6. The van der Waals surface area contributed by atoms with Gasteiger partial charge in [-0.2, -0.15) is 0 Å². The zero-order valence-electron chi connectivity index (χ0n) is 36.5. The Bertz CT molecular complexity index is 3490. The summed E-state index contributed by atoms with van der Waals surface area (Å²) in [6.07, 6.45) is 0. The van der Waals surface area contributed by atoms with Gasteiger partial charge in [-0.05, 0) is 116 Å². The Labute approximate surface area is 381 Å². The van der Waals surface area contributed by atoms with Crippen molar-refractivity contribution >= 4 is 38.9 Å². The molecule has 0 saturated heterocycles. The van der Waals surface area contributed by atoms with Crippen LogP contribution >= 0.6 is 0 Å². The average Bonchev–Trinajstić information content (AvgIpc) is 3.83. The molecule has 12 rings (SSSR count). The number of hydrogen-bond acceptors (Lipinski definition) is 1. The van der Waals surface area contributed by atoms with Crippen molar-refractivity contribution < 1.29 is 0 Å². The van der Waals surface area contributed by atoms with Crippen molar-refractivity contribution in [3.63, 3.8) is 0 Å². The topological polar surface area (TPSA) is 8.17 Å². The average molecular weight is 831 g/mol. The summed E-state index contributed by atoms with van der Waals surface area (Å²) in [4.78, 5) is 2.38. The highest BCUT2D eigenvalue weighted by Gasteiger charge is 2.37. The van der Waals surface area contributed by atoms with Crippen LogP contribution in [0.4, 0.5) is 17.1 Å². The van der Waals surface area contributed by atoms with Gasteiger partial charge in [0.05, 0.1) is 16.7 Å². The molecule has 0 radical (unpaired) electrons. The van der Waals surface area contributed by atoms with Gasteiger partial charge in [-0.25, -0.2) is 0 Å². The van der Waals surface area contributed by atoms with Crippen LogP contribution < -0.4 is 4.90 Å². The molecule has 1 aliphatic rings. The molecule has 0 spiro atoms. The van der Waals surface area contributed by atoms with E-state index in [9.17, 15) is 0 Å². The Morgan fingerprint density at radius 3 is 1.48 bits per heavy atom. The van der Waals surface area contributed by atoms with Gasteiger partial charge < -0.3 is 9.47 Å². The summed E-state index contributed by atoms with van der Waals surface area (Å²) in [5.41, 5.74) is 21.9. The van der Waals surface area contributed by atoms with Crippen LogP contribution in [0.15, 0.2) is 243 Å². The molecule has 1 aromatic heterocycles. The largest absolute Gasteiger partial charge is 0.310 e. The van der Waals surface area contributed by atoms with Crippen LogP contribution in [0.1, 0.15) is 25.0 Å². The maximum Gasteiger partial charge on any atom is 0.0541 e. The molecule has 0 atom stereocenters. The number of hydrogen-bond donors (Lipinski definition) is 0. The molecule has 0 unspecified atom stereocenters. The van der Waals surface area contributed by atoms with Crippen molar-refractivity contribution in [1.29, 1.82) is 0 Å². The Balaban J connectivity index is 0.894. The first-order valence-electron chi connectivity index (χ1n) is 22.6. The highest BCUT2D eigenvalue weighted by Crippen LogP contribution is 2.52. The lowest BCUT2D eigenvalue weighted by molar-refractivity contribution is 0.662. The van der Waals surface area contributed by atoms with Crippen LogP contribution in [0.25, 0.3) is 83.1 Å². The van der Waals surface area contributed by atoms with Gasteiger partial charge in [-0.1, -0.05) is 202 Å². The summed E-state index contributed by atoms with van der Waals surface area (Å²) >= 11 is 0. The molecule has 0 fully saturated rings. The summed E-state index contributed by atoms with van der Waals surface area (Å²) in [5, 5.41) is 2.53. The van der Waals surface area contributed by atoms with E-state index in [2.05, 4.69) is 266 Å². The maximum atomic E-state index is 2.41. The number of para-hydroxylation sites is 3. The maximum absolute atomic E-state index is 2.41. The van der Waals surface area contributed by atoms with Crippen LogP contribution in [0.2, 0.25) is 0 Å². The molecule has 2 nitrogen and oxygen atoms in total. The molecule has 65 heavy (non-hydrogen) atoms. The molecule has 0 aliphatic heterocycles. The van der Waals surface area contributed by atoms with Crippen LogP contribution in [-0.2, 0) is 5.41 Å². The van der Waals surface area contributed by atoms with Gasteiger partial charge in [0.25, 0.3) is 0 Å². The lowest BCUT2D eigenvalue weighted by atomic mass is 9.79. The highest BCUT2D eigenvalue weighted by molar-refractivity contribution is 6.09. The molecule has 2 heteroatoms. The Hall–Kier alpha value is -8.20. The van der Waals surface area contributed by atoms with Crippen molar-refractivity contribution in [2.45, 2.75) is 19.3 Å². The fourth-order valence-electron chi connectivity index (χ4n) is 10.5. The molecule has 0 bridgehead atoms. The fraction of sp³-hybridized carbons (Fsp3) is 0.0476. The second kappa shape index (κ2) is 15.6. The summed E-state index contributed by atoms with van der Waals surface area (Å²) in [7, 11) is 0. The van der Waals surface area contributed by atoms with Gasteiger partial charge in [-0.3, -0.25) is 0 Å². The first kappa shape index (κ1) is 38.5. The molecule has 0 amide bonds. The van der Waals surface area contributed by atoms with E-state index >= 15 is 0 Å². The standard InChI is InChI=1S/C63H46N2/c1-63(2)58-26-10-6-21-54(58)57-25-15-24-53(62(57)63)47-36-40-50(41-37-47)64(51-19-14-18-48(42-51)43-16-4-3-5-17-43)49-38-34-45(35-39-49)44-30-32-46(33-31-44)52-20-7-11-27-59(52)65-60-28-12-8-22-55(60)56-23-9-13-29-61(56)65/h3-42H,1-2H3. The quantitative estimate of drug-likeness (QED) is 0.148. The zero-order chi connectivity index (χ0) is 43.5. The summed E-state index contributed by atoms with van der Waals surface area (Å²) in [5.74, 6) is 0. The monoisotopic (exact) mass is 830 g/mol. The summed E-state index contributed by atoms with van der Waals surface area (Å²) in [6.45, 7) is 4.73.